The van der Waals surface area contributed by atoms with Gasteiger partial charge in [-0.3, -0.25) is 4.57 Å². The van der Waals surface area contributed by atoms with Gasteiger partial charge in [-0.1, -0.05) is 31.7 Å². The molecule has 4 N–H and O–H groups in total. The summed E-state index contributed by atoms with van der Waals surface area (Å²) in [6, 6.07) is 14.6. The minimum absolute atomic E-state index is 0.315. The van der Waals surface area contributed by atoms with Crippen molar-refractivity contribution in [3.05, 3.63) is 72.2 Å². The lowest BCUT2D eigenvalue weighted by Crippen LogP contribution is -2.12. The van der Waals surface area contributed by atoms with Crippen molar-refractivity contribution in [1.82, 2.24) is 19.7 Å². The Morgan fingerprint density at radius 3 is 2.85 bits per heavy atom. The van der Waals surface area contributed by atoms with Crippen molar-refractivity contribution >= 4 is 16.9 Å². The van der Waals surface area contributed by atoms with Crippen LogP contribution in [0.15, 0.2) is 61.1 Å². The average Bonchev–Trinajstić information content (AvgIpc) is 3.28. The third-order valence-electron chi connectivity index (χ3n) is 4.70. The molecule has 4 aromatic rings. The Morgan fingerprint density at radius 1 is 1.22 bits per heavy atom. The molecular weight excluding hydrogens is 336 g/mol. The largest absolute Gasteiger partial charge is 0.386 e. The Bertz CT molecular complexity index is 1130. The van der Waals surface area contributed by atoms with Gasteiger partial charge in [0.15, 0.2) is 5.82 Å². The lowest BCUT2D eigenvalue weighted by molar-refractivity contribution is 1.06. The SMILES string of the molecule is C=C(N)Nc1nnc(-c2cc(CC)ccc2C)n1-c1cccc2[nH]ccc12. The number of nitrogens with two attached hydrogens (primary N) is 1. The normalized spacial score (nSPS) is 11.0. The summed E-state index contributed by atoms with van der Waals surface area (Å²) in [6.07, 6.45) is 2.88. The number of aryl methyl sites for hydroxylation is 2. The summed E-state index contributed by atoms with van der Waals surface area (Å²) >= 11 is 0. The molecule has 0 fully saturated rings. The zero-order valence-electron chi connectivity index (χ0n) is 15.5. The highest BCUT2D eigenvalue weighted by Crippen LogP contribution is 2.32. The number of nitrogens with zero attached hydrogens (tertiary/aromatic N) is 3. The van der Waals surface area contributed by atoms with Gasteiger partial charge in [-0.15, -0.1) is 10.2 Å². The van der Waals surface area contributed by atoms with Gasteiger partial charge in [-0.2, -0.15) is 0 Å². The molecule has 2 aromatic heterocycles. The molecular formula is C21H22N6. The fourth-order valence-electron chi connectivity index (χ4n) is 3.31. The number of fused-ring (bicyclic) bond motifs is 1. The molecule has 2 heterocycles. The van der Waals surface area contributed by atoms with Crippen molar-refractivity contribution in [2.24, 2.45) is 5.73 Å². The van der Waals surface area contributed by atoms with Gasteiger partial charge in [-0.25, -0.2) is 0 Å². The Balaban J connectivity index is 2.01. The smallest absolute Gasteiger partial charge is 0.235 e. The second-order valence-corrected chi connectivity index (χ2v) is 6.55. The monoisotopic (exact) mass is 358 g/mol. The molecule has 0 amide bonds. The molecule has 136 valence electrons. The Morgan fingerprint density at radius 2 is 2.07 bits per heavy atom. The van der Waals surface area contributed by atoms with Gasteiger partial charge < -0.3 is 16.0 Å². The van der Waals surface area contributed by atoms with Crippen LogP contribution in [0.4, 0.5) is 5.95 Å². The Hall–Kier alpha value is -3.54. The first-order valence-electron chi connectivity index (χ1n) is 8.91. The molecule has 0 aliphatic heterocycles. The maximum Gasteiger partial charge on any atom is 0.235 e. The highest BCUT2D eigenvalue weighted by atomic mass is 15.4. The lowest BCUT2D eigenvalue weighted by atomic mass is 10.0. The van der Waals surface area contributed by atoms with E-state index in [4.69, 9.17) is 5.73 Å². The van der Waals surface area contributed by atoms with E-state index in [2.05, 4.69) is 59.1 Å². The van der Waals surface area contributed by atoms with E-state index in [-0.39, 0.29) is 0 Å². The number of nitrogens with one attached hydrogen (secondary N) is 2. The molecule has 0 saturated heterocycles. The molecule has 0 atom stereocenters. The number of aromatic amines is 1. The highest BCUT2D eigenvalue weighted by molar-refractivity contribution is 5.89. The zero-order chi connectivity index (χ0) is 19.0. The number of H-pyrrole nitrogens is 1. The van der Waals surface area contributed by atoms with Gasteiger partial charge in [0.2, 0.25) is 5.95 Å². The van der Waals surface area contributed by atoms with Gasteiger partial charge in [0.1, 0.15) is 0 Å². The van der Waals surface area contributed by atoms with E-state index in [0.29, 0.717) is 11.8 Å². The van der Waals surface area contributed by atoms with Gasteiger partial charge in [0, 0.05) is 22.7 Å². The maximum atomic E-state index is 5.79. The quantitative estimate of drug-likeness (QED) is 0.501. The predicted octanol–water partition coefficient (Wildman–Crippen LogP) is 4.13. The first kappa shape index (κ1) is 16.9. The number of aromatic nitrogens is 4. The first-order chi connectivity index (χ1) is 13.1. The summed E-state index contributed by atoms with van der Waals surface area (Å²) in [7, 11) is 0. The summed E-state index contributed by atoms with van der Waals surface area (Å²) in [4.78, 5) is 3.25. The Kier molecular flexibility index (Phi) is 4.16. The van der Waals surface area contributed by atoms with Crippen LogP contribution in [-0.4, -0.2) is 19.7 Å². The van der Waals surface area contributed by atoms with Crippen LogP contribution in [0.5, 0.6) is 0 Å². The third kappa shape index (κ3) is 2.95. The van der Waals surface area contributed by atoms with Crippen molar-refractivity contribution in [2.45, 2.75) is 20.3 Å². The molecule has 2 aromatic carbocycles. The summed E-state index contributed by atoms with van der Waals surface area (Å²) in [5, 5.41) is 12.9. The minimum Gasteiger partial charge on any atom is -0.386 e. The number of benzene rings is 2. The van der Waals surface area contributed by atoms with Crippen molar-refractivity contribution in [1.29, 1.82) is 0 Å². The van der Waals surface area contributed by atoms with Crippen molar-refractivity contribution < 1.29 is 0 Å². The molecule has 0 spiro atoms. The highest BCUT2D eigenvalue weighted by Gasteiger charge is 2.19. The zero-order valence-corrected chi connectivity index (χ0v) is 15.5. The van der Waals surface area contributed by atoms with Crippen molar-refractivity contribution in [2.75, 3.05) is 5.32 Å². The van der Waals surface area contributed by atoms with Gasteiger partial charge in [-0.05, 0) is 48.7 Å². The van der Waals surface area contributed by atoms with Crippen molar-refractivity contribution in [3.63, 3.8) is 0 Å². The summed E-state index contributed by atoms with van der Waals surface area (Å²) in [6.45, 7) is 7.97. The van der Waals surface area contributed by atoms with E-state index < -0.39 is 0 Å². The second kappa shape index (κ2) is 6.64. The van der Waals surface area contributed by atoms with E-state index in [0.717, 1.165) is 40.0 Å². The Labute approximate surface area is 157 Å². The van der Waals surface area contributed by atoms with Crippen molar-refractivity contribution in [3.8, 4) is 17.1 Å². The number of hydrogen-bond acceptors (Lipinski definition) is 4. The van der Waals surface area contributed by atoms with Crippen LogP contribution in [-0.2, 0) is 6.42 Å². The molecule has 0 unspecified atom stereocenters. The van der Waals surface area contributed by atoms with E-state index in [1.807, 2.05) is 35.0 Å². The molecule has 27 heavy (non-hydrogen) atoms. The van der Waals surface area contributed by atoms with Crippen LogP contribution in [0.2, 0.25) is 0 Å². The summed E-state index contributed by atoms with van der Waals surface area (Å²) in [5.41, 5.74) is 11.2. The van der Waals surface area contributed by atoms with E-state index in [1.54, 1.807) is 0 Å². The van der Waals surface area contributed by atoms with Crippen LogP contribution < -0.4 is 11.1 Å². The van der Waals surface area contributed by atoms with Gasteiger partial charge in [0.05, 0.1) is 11.5 Å². The molecule has 0 saturated carbocycles. The van der Waals surface area contributed by atoms with Crippen LogP contribution in [0.1, 0.15) is 18.1 Å². The molecule has 4 rings (SSSR count). The number of anilines is 1. The molecule has 0 aliphatic carbocycles. The fraction of sp³-hybridized carbons (Fsp3) is 0.143. The second-order valence-electron chi connectivity index (χ2n) is 6.55. The molecule has 0 aliphatic rings. The predicted molar refractivity (Wildman–Crippen MR) is 110 cm³/mol. The standard InChI is InChI=1S/C21H22N6/c1-4-15-9-8-13(2)17(12-15)20-25-26-21(24-14(3)22)27(20)19-7-5-6-18-16(19)10-11-23-18/h5-12,23H,3-4,22H2,1-2H3,(H,24,26). The number of rotatable bonds is 5. The van der Waals surface area contributed by atoms with Crippen LogP contribution >= 0.6 is 0 Å². The average molecular weight is 358 g/mol. The molecule has 6 nitrogen and oxygen atoms in total. The molecule has 6 heteroatoms. The van der Waals surface area contributed by atoms with Crippen LogP contribution in [0.25, 0.3) is 28.0 Å². The third-order valence-corrected chi connectivity index (χ3v) is 4.70. The summed E-state index contributed by atoms with van der Waals surface area (Å²) < 4.78 is 2.00. The minimum atomic E-state index is 0.315. The summed E-state index contributed by atoms with van der Waals surface area (Å²) in [5.74, 6) is 1.61. The number of hydrogen-bond donors (Lipinski definition) is 3. The maximum absolute atomic E-state index is 5.79. The molecule has 0 bridgehead atoms. The van der Waals surface area contributed by atoms with Gasteiger partial charge in [0.25, 0.3) is 0 Å². The fourth-order valence-corrected chi connectivity index (χ4v) is 3.31. The topological polar surface area (TPSA) is 84.5 Å². The van der Waals surface area contributed by atoms with E-state index in [9.17, 15) is 0 Å². The first-order valence-corrected chi connectivity index (χ1v) is 8.91. The lowest BCUT2D eigenvalue weighted by Gasteiger charge is -2.14. The van der Waals surface area contributed by atoms with Crippen LogP contribution in [0.3, 0.4) is 0 Å². The van der Waals surface area contributed by atoms with Crippen LogP contribution in [0, 0.1) is 6.92 Å². The molecule has 0 radical (unpaired) electrons. The van der Waals surface area contributed by atoms with E-state index in [1.165, 1.54) is 5.56 Å². The van der Waals surface area contributed by atoms with Gasteiger partial charge >= 0.3 is 0 Å². The van der Waals surface area contributed by atoms with E-state index >= 15 is 0 Å².